The Morgan fingerprint density at radius 2 is 2.31 bits per heavy atom. The molecule has 0 radical (unpaired) electrons. The number of thiazole rings is 1. The molecule has 1 aromatic carbocycles. The van der Waals surface area contributed by atoms with E-state index in [0.29, 0.717) is 0 Å². The van der Waals surface area contributed by atoms with Gasteiger partial charge in [-0.1, -0.05) is 40.1 Å². The maximum atomic E-state index is 4.56. The number of hydrogen-bond donors (Lipinski definition) is 1. The van der Waals surface area contributed by atoms with Gasteiger partial charge in [0.05, 0.1) is 10.2 Å². The summed E-state index contributed by atoms with van der Waals surface area (Å²) in [7, 11) is 0. The molecule has 0 amide bonds. The van der Waals surface area contributed by atoms with Gasteiger partial charge in [-0.25, -0.2) is 4.98 Å². The normalized spacial score (nSPS) is 15.6. The molecule has 2 aromatic rings. The molecule has 84 valence electrons. The maximum Gasteiger partial charge on any atom is 0.183 e. The Morgan fingerprint density at radius 1 is 1.44 bits per heavy atom. The third-order valence-corrected chi connectivity index (χ3v) is 4.35. The fourth-order valence-corrected chi connectivity index (χ4v) is 3.21. The van der Waals surface area contributed by atoms with Gasteiger partial charge in [0.2, 0.25) is 0 Å². The fraction of sp³-hybridized carbons (Fsp3) is 0.417. The molecule has 1 heterocycles. The molecule has 1 fully saturated rings. The van der Waals surface area contributed by atoms with Gasteiger partial charge in [0.15, 0.2) is 5.13 Å². The Hall–Kier alpha value is -0.610. The van der Waals surface area contributed by atoms with Crippen LogP contribution >= 0.6 is 27.3 Å². The summed E-state index contributed by atoms with van der Waals surface area (Å²) in [5, 5.41) is 4.47. The van der Waals surface area contributed by atoms with Crippen LogP contribution in [-0.2, 0) is 0 Å². The molecule has 4 heteroatoms. The van der Waals surface area contributed by atoms with E-state index >= 15 is 0 Å². The zero-order chi connectivity index (χ0) is 11.0. The van der Waals surface area contributed by atoms with Crippen molar-refractivity contribution in [1.29, 1.82) is 0 Å². The lowest BCUT2D eigenvalue weighted by molar-refractivity contribution is 0.760. The fourth-order valence-electron chi connectivity index (χ4n) is 1.76. The lowest BCUT2D eigenvalue weighted by Gasteiger charge is -1.99. The second-order valence-electron chi connectivity index (χ2n) is 4.29. The average molecular weight is 297 g/mol. The molecule has 0 saturated heterocycles. The third kappa shape index (κ3) is 2.38. The van der Waals surface area contributed by atoms with E-state index in [1.807, 2.05) is 6.07 Å². The maximum absolute atomic E-state index is 4.56. The molecule has 16 heavy (non-hydrogen) atoms. The molecule has 1 aliphatic rings. The summed E-state index contributed by atoms with van der Waals surface area (Å²) in [5.74, 6) is 0.982. The molecule has 0 spiro atoms. The number of aromatic nitrogens is 1. The smallest absolute Gasteiger partial charge is 0.183 e. The molecular weight excluding hydrogens is 284 g/mol. The summed E-state index contributed by atoms with van der Waals surface area (Å²) < 4.78 is 2.36. The number of nitrogens with zero attached hydrogens (tertiary/aromatic N) is 1. The lowest BCUT2D eigenvalue weighted by atomic mass is 10.3. The van der Waals surface area contributed by atoms with Crippen molar-refractivity contribution in [3.63, 3.8) is 0 Å². The van der Waals surface area contributed by atoms with Crippen molar-refractivity contribution in [3.8, 4) is 0 Å². The van der Waals surface area contributed by atoms with Crippen molar-refractivity contribution in [2.75, 3.05) is 11.9 Å². The zero-order valence-electron chi connectivity index (χ0n) is 8.87. The number of nitrogens with one attached hydrogen (secondary N) is 1. The van der Waals surface area contributed by atoms with Crippen molar-refractivity contribution in [1.82, 2.24) is 4.98 Å². The highest BCUT2D eigenvalue weighted by Crippen LogP contribution is 2.33. The topological polar surface area (TPSA) is 24.9 Å². The summed E-state index contributed by atoms with van der Waals surface area (Å²) in [6.07, 6.45) is 4.14. The Morgan fingerprint density at radius 3 is 3.12 bits per heavy atom. The Bertz CT molecular complexity index is 505. The minimum atomic E-state index is 0.982. The van der Waals surface area contributed by atoms with Crippen molar-refractivity contribution in [2.24, 2.45) is 5.92 Å². The first-order chi connectivity index (χ1) is 7.81. The molecule has 1 saturated carbocycles. The van der Waals surface area contributed by atoms with Gasteiger partial charge in [0.1, 0.15) is 0 Å². The number of anilines is 1. The second kappa shape index (κ2) is 4.34. The van der Waals surface area contributed by atoms with Gasteiger partial charge in [0.25, 0.3) is 0 Å². The Balaban J connectivity index is 1.71. The van der Waals surface area contributed by atoms with Gasteiger partial charge < -0.3 is 5.32 Å². The lowest BCUT2D eigenvalue weighted by Crippen LogP contribution is -2.01. The van der Waals surface area contributed by atoms with Crippen LogP contribution in [0.5, 0.6) is 0 Å². The van der Waals surface area contributed by atoms with Crippen molar-refractivity contribution in [2.45, 2.75) is 19.3 Å². The molecule has 1 N–H and O–H groups in total. The highest BCUT2D eigenvalue weighted by Gasteiger charge is 2.20. The quantitative estimate of drug-likeness (QED) is 0.911. The Kier molecular flexibility index (Phi) is 2.86. The van der Waals surface area contributed by atoms with Crippen LogP contribution in [0.1, 0.15) is 19.3 Å². The SMILES string of the molecule is Brc1ccc2nc(NCCC3CC3)sc2c1. The van der Waals surface area contributed by atoms with Gasteiger partial charge in [-0.2, -0.15) is 0 Å². The van der Waals surface area contributed by atoms with Crippen LogP contribution in [0.15, 0.2) is 22.7 Å². The van der Waals surface area contributed by atoms with Crippen LogP contribution in [0.3, 0.4) is 0 Å². The summed E-state index contributed by atoms with van der Waals surface area (Å²) >= 11 is 5.21. The summed E-state index contributed by atoms with van der Waals surface area (Å²) in [6.45, 7) is 1.06. The number of fused-ring (bicyclic) bond motifs is 1. The van der Waals surface area contributed by atoms with E-state index in [9.17, 15) is 0 Å². The monoisotopic (exact) mass is 296 g/mol. The standard InChI is InChI=1S/C12H13BrN2S/c13-9-3-4-10-11(7-9)16-12(15-10)14-6-5-8-1-2-8/h3-4,7-8H,1-2,5-6H2,(H,14,15). The molecule has 0 atom stereocenters. The average Bonchev–Trinajstić information content (AvgIpc) is 2.98. The van der Waals surface area contributed by atoms with Crippen LogP contribution < -0.4 is 5.32 Å². The predicted octanol–water partition coefficient (Wildman–Crippen LogP) is 4.27. The molecule has 0 bridgehead atoms. The van der Waals surface area contributed by atoms with Crippen LogP contribution in [0, 0.1) is 5.92 Å². The molecule has 2 nitrogen and oxygen atoms in total. The van der Waals surface area contributed by atoms with E-state index in [-0.39, 0.29) is 0 Å². The van der Waals surface area contributed by atoms with Gasteiger partial charge in [0, 0.05) is 11.0 Å². The van der Waals surface area contributed by atoms with Gasteiger partial charge in [-0.15, -0.1) is 0 Å². The van der Waals surface area contributed by atoms with Crippen molar-refractivity contribution >= 4 is 42.6 Å². The molecule has 1 aliphatic carbocycles. The Labute approximate surface area is 107 Å². The summed E-state index contributed by atoms with van der Waals surface area (Å²) in [5.41, 5.74) is 1.09. The second-order valence-corrected chi connectivity index (χ2v) is 6.24. The van der Waals surface area contributed by atoms with E-state index in [1.54, 1.807) is 11.3 Å². The summed E-state index contributed by atoms with van der Waals surface area (Å²) in [6, 6.07) is 6.22. The molecule has 1 aromatic heterocycles. The molecule has 0 aliphatic heterocycles. The minimum absolute atomic E-state index is 0.982. The van der Waals surface area contributed by atoms with Gasteiger partial charge >= 0.3 is 0 Å². The zero-order valence-corrected chi connectivity index (χ0v) is 11.3. The molecule has 3 rings (SSSR count). The number of halogens is 1. The highest BCUT2D eigenvalue weighted by atomic mass is 79.9. The van der Waals surface area contributed by atoms with E-state index in [4.69, 9.17) is 0 Å². The van der Waals surface area contributed by atoms with E-state index in [1.165, 1.54) is 24.0 Å². The number of rotatable bonds is 4. The predicted molar refractivity (Wildman–Crippen MR) is 73.2 cm³/mol. The van der Waals surface area contributed by atoms with Crippen LogP contribution in [0.4, 0.5) is 5.13 Å². The first-order valence-electron chi connectivity index (χ1n) is 5.61. The molecular formula is C12H13BrN2S. The largest absolute Gasteiger partial charge is 0.361 e. The van der Waals surface area contributed by atoms with E-state index < -0.39 is 0 Å². The van der Waals surface area contributed by atoms with Crippen LogP contribution in [0.2, 0.25) is 0 Å². The van der Waals surface area contributed by atoms with E-state index in [2.05, 4.69) is 38.4 Å². The number of hydrogen-bond acceptors (Lipinski definition) is 3. The third-order valence-electron chi connectivity index (χ3n) is 2.88. The molecule has 0 unspecified atom stereocenters. The van der Waals surface area contributed by atoms with Crippen LogP contribution in [0.25, 0.3) is 10.2 Å². The summed E-state index contributed by atoms with van der Waals surface area (Å²) in [4.78, 5) is 4.56. The van der Waals surface area contributed by atoms with Gasteiger partial charge in [-0.05, 0) is 30.5 Å². The number of benzene rings is 1. The first-order valence-corrected chi connectivity index (χ1v) is 7.22. The first kappa shape index (κ1) is 10.5. The highest BCUT2D eigenvalue weighted by molar-refractivity contribution is 9.10. The van der Waals surface area contributed by atoms with Crippen molar-refractivity contribution < 1.29 is 0 Å². The van der Waals surface area contributed by atoms with Crippen molar-refractivity contribution in [3.05, 3.63) is 22.7 Å². The minimum Gasteiger partial charge on any atom is -0.361 e. The van der Waals surface area contributed by atoms with E-state index in [0.717, 1.165) is 27.6 Å². The van der Waals surface area contributed by atoms with Crippen LogP contribution in [-0.4, -0.2) is 11.5 Å². The van der Waals surface area contributed by atoms with Gasteiger partial charge in [-0.3, -0.25) is 0 Å².